The van der Waals surface area contributed by atoms with Crippen LogP contribution in [0.1, 0.15) is 6.42 Å². The molecule has 3 aliphatic rings. The first kappa shape index (κ1) is 10.2. The topological polar surface area (TPSA) is 52.7 Å². The summed E-state index contributed by atoms with van der Waals surface area (Å²) in [5.74, 6) is 1.30. The molecule has 3 rings (SSSR count). The van der Waals surface area contributed by atoms with Gasteiger partial charge in [-0.25, -0.2) is 0 Å². The van der Waals surface area contributed by atoms with Gasteiger partial charge in [-0.2, -0.15) is 0 Å². The van der Waals surface area contributed by atoms with Gasteiger partial charge in [0.2, 0.25) is 11.8 Å². The lowest BCUT2D eigenvalue weighted by Gasteiger charge is -2.22. The number of carbonyl (C=O) groups excluding carboxylic acids is 2. The maximum atomic E-state index is 11.9. The van der Waals surface area contributed by atoms with Gasteiger partial charge in [-0.15, -0.1) is 0 Å². The molecular weight excluding hydrogens is 206 g/mol. The van der Waals surface area contributed by atoms with Crippen LogP contribution in [0, 0.1) is 11.8 Å². The SMILES string of the molecule is CN1C(=O)CC(N2CC3CNCC3C2)C1=O. The minimum Gasteiger partial charge on any atom is -0.316 e. The number of likely N-dealkylation sites (tertiary alicyclic amines) is 2. The Labute approximate surface area is 94.8 Å². The lowest BCUT2D eigenvalue weighted by Crippen LogP contribution is -2.41. The number of hydrogen-bond donors (Lipinski definition) is 1. The van der Waals surface area contributed by atoms with E-state index in [1.54, 1.807) is 7.05 Å². The average Bonchev–Trinajstić information content (AvgIpc) is 2.87. The van der Waals surface area contributed by atoms with Gasteiger partial charge >= 0.3 is 0 Å². The van der Waals surface area contributed by atoms with Crippen LogP contribution in [0.15, 0.2) is 0 Å². The Morgan fingerprint density at radius 3 is 2.31 bits per heavy atom. The van der Waals surface area contributed by atoms with E-state index in [1.165, 1.54) is 4.90 Å². The number of imide groups is 1. The van der Waals surface area contributed by atoms with Crippen molar-refractivity contribution in [3.8, 4) is 0 Å². The van der Waals surface area contributed by atoms with E-state index in [2.05, 4.69) is 10.2 Å². The van der Waals surface area contributed by atoms with Crippen molar-refractivity contribution in [1.82, 2.24) is 15.1 Å². The molecule has 0 aromatic rings. The summed E-state index contributed by atoms with van der Waals surface area (Å²) in [4.78, 5) is 26.8. The van der Waals surface area contributed by atoms with Gasteiger partial charge in [-0.1, -0.05) is 0 Å². The number of carbonyl (C=O) groups is 2. The number of fused-ring (bicyclic) bond motifs is 1. The second-order valence-corrected chi connectivity index (χ2v) is 5.14. The predicted octanol–water partition coefficient (Wildman–Crippen LogP) is -1.11. The van der Waals surface area contributed by atoms with Crippen molar-refractivity contribution < 1.29 is 9.59 Å². The molecule has 3 fully saturated rings. The Balaban J connectivity index is 1.71. The Morgan fingerprint density at radius 2 is 1.81 bits per heavy atom. The van der Waals surface area contributed by atoms with Crippen LogP contribution in [0.25, 0.3) is 0 Å². The molecule has 0 spiro atoms. The number of hydrogen-bond acceptors (Lipinski definition) is 4. The Hall–Kier alpha value is -0.940. The van der Waals surface area contributed by atoms with E-state index >= 15 is 0 Å². The fraction of sp³-hybridized carbons (Fsp3) is 0.818. The number of nitrogens with one attached hydrogen (secondary N) is 1. The summed E-state index contributed by atoms with van der Waals surface area (Å²) in [6.07, 6.45) is 0.377. The third-order valence-electron chi connectivity index (χ3n) is 4.22. The molecule has 16 heavy (non-hydrogen) atoms. The summed E-state index contributed by atoms with van der Waals surface area (Å²) in [5, 5.41) is 3.38. The molecule has 3 saturated heterocycles. The molecule has 0 aromatic heterocycles. The lowest BCUT2D eigenvalue weighted by atomic mass is 10.0. The smallest absolute Gasteiger partial charge is 0.246 e. The third kappa shape index (κ3) is 1.38. The van der Waals surface area contributed by atoms with E-state index in [1.807, 2.05) is 0 Å². The molecule has 0 aromatic carbocycles. The van der Waals surface area contributed by atoms with Crippen molar-refractivity contribution in [2.24, 2.45) is 11.8 Å². The van der Waals surface area contributed by atoms with Crippen LogP contribution in [-0.4, -0.2) is 60.9 Å². The van der Waals surface area contributed by atoms with Gasteiger partial charge in [0.05, 0.1) is 12.5 Å². The first-order valence-electron chi connectivity index (χ1n) is 5.92. The highest BCUT2D eigenvalue weighted by Crippen LogP contribution is 2.30. The third-order valence-corrected chi connectivity index (χ3v) is 4.22. The molecule has 1 N–H and O–H groups in total. The fourth-order valence-corrected chi connectivity index (χ4v) is 3.17. The average molecular weight is 223 g/mol. The highest BCUT2D eigenvalue weighted by atomic mass is 16.2. The Morgan fingerprint density at radius 1 is 1.19 bits per heavy atom. The monoisotopic (exact) mass is 223 g/mol. The second kappa shape index (κ2) is 3.53. The summed E-state index contributed by atoms with van der Waals surface area (Å²) >= 11 is 0. The van der Waals surface area contributed by atoms with E-state index in [4.69, 9.17) is 0 Å². The summed E-state index contributed by atoms with van der Waals surface area (Å²) in [6.45, 7) is 4.06. The minimum atomic E-state index is -0.178. The molecule has 3 unspecified atom stereocenters. The first-order chi connectivity index (χ1) is 7.66. The number of amides is 2. The molecule has 3 aliphatic heterocycles. The Kier molecular flexibility index (Phi) is 2.26. The highest BCUT2D eigenvalue weighted by molar-refractivity contribution is 6.05. The second-order valence-electron chi connectivity index (χ2n) is 5.14. The minimum absolute atomic E-state index is 0.0158. The summed E-state index contributed by atoms with van der Waals surface area (Å²) < 4.78 is 0. The van der Waals surface area contributed by atoms with Crippen molar-refractivity contribution in [3.05, 3.63) is 0 Å². The summed E-state index contributed by atoms with van der Waals surface area (Å²) in [6, 6.07) is -0.178. The van der Waals surface area contributed by atoms with Crippen LogP contribution in [0.4, 0.5) is 0 Å². The van der Waals surface area contributed by atoms with Gasteiger partial charge in [-0.05, 0) is 24.9 Å². The van der Waals surface area contributed by atoms with Gasteiger partial charge < -0.3 is 5.32 Å². The molecule has 0 saturated carbocycles. The van der Waals surface area contributed by atoms with Gasteiger partial charge in [0, 0.05) is 20.1 Å². The van der Waals surface area contributed by atoms with Crippen LogP contribution >= 0.6 is 0 Å². The van der Waals surface area contributed by atoms with Crippen molar-refractivity contribution in [2.45, 2.75) is 12.5 Å². The van der Waals surface area contributed by atoms with E-state index in [-0.39, 0.29) is 17.9 Å². The molecule has 2 amide bonds. The number of nitrogens with zero attached hydrogens (tertiary/aromatic N) is 2. The molecule has 88 valence electrons. The normalized spacial score (nSPS) is 39.8. The lowest BCUT2D eigenvalue weighted by molar-refractivity contribution is -0.138. The van der Waals surface area contributed by atoms with Gasteiger partial charge in [0.1, 0.15) is 0 Å². The molecular formula is C11H17N3O2. The number of likely N-dealkylation sites (N-methyl/N-ethyl adjacent to an activating group) is 1. The van der Waals surface area contributed by atoms with Crippen LogP contribution in [0.5, 0.6) is 0 Å². The zero-order valence-corrected chi connectivity index (χ0v) is 9.48. The predicted molar refractivity (Wildman–Crippen MR) is 57.6 cm³/mol. The van der Waals surface area contributed by atoms with Crippen molar-refractivity contribution in [3.63, 3.8) is 0 Å². The van der Waals surface area contributed by atoms with E-state index < -0.39 is 0 Å². The largest absolute Gasteiger partial charge is 0.316 e. The zero-order chi connectivity index (χ0) is 11.3. The van der Waals surface area contributed by atoms with Gasteiger partial charge in [-0.3, -0.25) is 19.4 Å². The van der Waals surface area contributed by atoms with Crippen molar-refractivity contribution in [2.75, 3.05) is 33.2 Å². The van der Waals surface area contributed by atoms with Crippen LogP contribution in [0.2, 0.25) is 0 Å². The molecule has 0 aliphatic carbocycles. The van der Waals surface area contributed by atoms with E-state index in [0.717, 1.165) is 26.2 Å². The van der Waals surface area contributed by atoms with Gasteiger partial charge in [0.25, 0.3) is 0 Å². The summed E-state index contributed by atoms with van der Waals surface area (Å²) in [5.41, 5.74) is 0. The first-order valence-corrected chi connectivity index (χ1v) is 5.92. The molecule has 3 atom stereocenters. The standard InChI is InChI=1S/C11H17N3O2/c1-13-10(15)2-9(11(13)16)14-5-7-3-12-4-8(7)6-14/h7-9,12H,2-6H2,1H3. The fourth-order valence-electron chi connectivity index (χ4n) is 3.17. The molecule has 5 nitrogen and oxygen atoms in total. The van der Waals surface area contributed by atoms with E-state index in [0.29, 0.717) is 18.3 Å². The highest BCUT2D eigenvalue weighted by Gasteiger charge is 2.45. The quantitative estimate of drug-likeness (QED) is 0.573. The van der Waals surface area contributed by atoms with Crippen molar-refractivity contribution in [1.29, 1.82) is 0 Å². The van der Waals surface area contributed by atoms with Crippen LogP contribution in [0.3, 0.4) is 0 Å². The molecule has 0 radical (unpaired) electrons. The molecule has 0 bridgehead atoms. The van der Waals surface area contributed by atoms with E-state index in [9.17, 15) is 9.59 Å². The molecule has 3 heterocycles. The van der Waals surface area contributed by atoms with Crippen LogP contribution < -0.4 is 5.32 Å². The number of rotatable bonds is 1. The van der Waals surface area contributed by atoms with Crippen molar-refractivity contribution >= 4 is 11.8 Å². The summed E-state index contributed by atoms with van der Waals surface area (Å²) in [7, 11) is 1.59. The van der Waals surface area contributed by atoms with Crippen LogP contribution in [-0.2, 0) is 9.59 Å². The van der Waals surface area contributed by atoms with Gasteiger partial charge in [0.15, 0.2) is 0 Å². The Bertz CT molecular complexity index is 332. The maximum absolute atomic E-state index is 11.9. The molecule has 5 heteroatoms. The maximum Gasteiger partial charge on any atom is 0.246 e. The zero-order valence-electron chi connectivity index (χ0n) is 9.48.